The van der Waals surface area contributed by atoms with Crippen molar-refractivity contribution >= 4 is 29.6 Å². The third-order valence-electron chi connectivity index (χ3n) is 5.44. The lowest BCUT2D eigenvalue weighted by atomic mass is 10.1. The van der Waals surface area contributed by atoms with Crippen molar-refractivity contribution < 1.29 is 14.3 Å². The summed E-state index contributed by atoms with van der Waals surface area (Å²) in [5.41, 5.74) is 1.41. The molecule has 0 radical (unpaired) electrons. The van der Waals surface area contributed by atoms with Crippen molar-refractivity contribution in [1.29, 1.82) is 0 Å². The first-order valence-corrected chi connectivity index (χ1v) is 11.3. The molecule has 1 atom stereocenters. The van der Waals surface area contributed by atoms with E-state index in [0.29, 0.717) is 18.2 Å². The van der Waals surface area contributed by atoms with Gasteiger partial charge in [0, 0.05) is 25.7 Å². The second-order valence-corrected chi connectivity index (χ2v) is 9.05. The SMILES string of the molecule is COC(=O)c1ccc(CNC(=O)C(C)Sc2nnc(N3CCCC3)n2C2CC2)cc1. The van der Waals surface area contributed by atoms with Gasteiger partial charge in [0.15, 0.2) is 5.16 Å². The van der Waals surface area contributed by atoms with Gasteiger partial charge >= 0.3 is 5.97 Å². The molecule has 4 rings (SSSR count). The first-order valence-electron chi connectivity index (χ1n) is 10.4. The second-order valence-electron chi connectivity index (χ2n) is 7.74. The van der Waals surface area contributed by atoms with E-state index in [1.807, 2.05) is 19.1 Å². The molecule has 1 amide bonds. The Kier molecular flexibility index (Phi) is 6.26. The van der Waals surface area contributed by atoms with Crippen molar-refractivity contribution in [2.24, 2.45) is 0 Å². The van der Waals surface area contributed by atoms with Gasteiger partial charge in [0.25, 0.3) is 0 Å². The molecule has 1 aromatic heterocycles. The lowest BCUT2D eigenvalue weighted by Crippen LogP contribution is -2.30. The Hall–Kier alpha value is -2.55. The Balaban J connectivity index is 1.35. The molecule has 1 saturated carbocycles. The van der Waals surface area contributed by atoms with Gasteiger partial charge < -0.3 is 15.0 Å². The molecule has 2 heterocycles. The topological polar surface area (TPSA) is 89.3 Å². The summed E-state index contributed by atoms with van der Waals surface area (Å²) in [5.74, 6) is 0.532. The van der Waals surface area contributed by atoms with E-state index in [4.69, 9.17) is 4.74 Å². The average Bonchev–Trinajstić information content (AvgIpc) is 3.29. The lowest BCUT2D eigenvalue weighted by molar-refractivity contribution is -0.120. The van der Waals surface area contributed by atoms with Crippen LogP contribution in [0.25, 0.3) is 0 Å². The number of hydrogen-bond donors (Lipinski definition) is 1. The van der Waals surface area contributed by atoms with Crippen LogP contribution in [0.5, 0.6) is 0 Å². The molecule has 1 aromatic carbocycles. The fraction of sp³-hybridized carbons (Fsp3) is 0.524. The number of anilines is 1. The van der Waals surface area contributed by atoms with E-state index < -0.39 is 0 Å². The third kappa shape index (κ3) is 4.61. The Labute approximate surface area is 180 Å². The van der Waals surface area contributed by atoms with Crippen LogP contribution >= 0.6 is 11.8 Å². The van der Waals surface area contributed by atoms with E-state index in [0.717, 1.165) is 42.6 Å². The van der Waals surface area contributed by atoms with Gasteiger partial charge in [-0.3, -0.25) is 9.36 Å². The number of benzene rings is 1. The standard InChI is InChI=1S/C21H27N5O3S/c1-14(18(27)22-13-15-5-7-16(8-6-15)19(28)29-2)30-21-24-23-20(25-11-3-4-12-25)26(21)17-9-10-17/h5-8,14,17H,3-4,9-13H2,1-2H3,(H,22,27). The first-order chi connectivity index (χ1) is 14.6. The Bertz CT molecular complexity index is 904. The molecule has 1 aliphatic carbocycles. The number of ether oxygens (including phenoxy) is 1. The molecule has 2 aromatic rings. The van der Waals surface area contributed by atoms with E-state index >= 15 is 0 Å². The average molecular weight is 430 g/mol. The highest BCUT2D eigenvalue weighted by molar-refractivity contribution is 8.00. The molecule has 0 bridgehead atoms. The quantitative estimate of drug-likeness (QED) is 0.510. The Morgan fingerprint density at radius 1 is 1.20 bits per heavy atom. The minimum absolute atomic E-state index is 0.0508. The lowest BCUT2D eigenvalue weighted by Gasteiger charge is -2.18. The number of carbonyl (C=O) groups is 2. The monoisotopic (exact) mass is 429 g/mol. The van der Waals surface area contributed by atoms with Gasteiger partial charge in [0.2, 0.25) is 11.9 Å². The molecule has 2 fully saturated rings. The van der Waals surface area contributed by atoms with Crippen LogP contribution in [0.15, 0.2) is 29.4 Å². The number of methoxy groups -OCH3 is 1. The van der Waals surface area contributed by atoms with E-state index in [1.54, 1.807) is 12.1 Å². The van der Waals surface area contributed by atoms with Crippen LogP contribution in [0.3, 0.4) is 0 Å². The molecule has 30 heavy (non-hydrogen) atoms. The Morgan fingerprint density at radius 2 is 1.90 bits per heavy atom. The number of nitrogens with zero attached hydrogens (tertiary/aromatic N) is 4. The minimum Gasteiger partial charge on any atom is -0.465 e. The van der Waals surface area contributed by atoms with Gasteiger partial charge in [-0.15, -0.1) is 10.2 Å². The van der Waals surface area contributed by atoms with Crippen molar-refractivity contribution in [3.63, 3.8) is 0 Å². The van der Waals surface area contributed by atoms with Gasteiger partial charge in [-0.25, -0.2) is 4.79 Å². The van der Waals surface area contributed by atoms with Crippen LogP contribution in [0.2, 0.25) is 0 Å². The van der Waals surface area contributed by atoms with Crippen LogP contribution < -0.4 is 10.2 Å². The molecule has 0 spiro atoms. The summed E-state index contributed by atoms with van der Waals surface area (Å²) in [4.78, 5) is 26.4. The van der Waals surface area contributed by atoms with Crippen molar-refractivity contribution in [3.8, 4) is 0 Å². The summed E-state index contributed by atoms with van der Waals surface area (Å²) < 4.78 is 6.93. The number of aromatic nitrogens is 3. The van der Waals surface area contributed by atoms with Crippen LogP contribution in [0.4, 0.5) is 5.95 Å². The predicted molar refractivity (Wildman–Crippen MR) is 115 cm³/mol. The number of thioether (sulfide) groups is 1. The van der Waals surface area contributed by atoms with E-state index in [2.05, 4.69) is 25.0 Å². The summed E-state index contributed by atoms with van der Waals surface area (Å²) in [6.45, 7) is 4.35. The van der Waals surface area contributed by atoms with Crippen LogP contribution in [0.1, 0.15) is 54.6 Å². The van der Waals surface area contributed by atoms with Crippen molar-refractivity contribution in [1.82, 2.24) is 20.1 Å². The summed E-state index contributed by atoms with van der Waals surface area (Å²) in [6, 6.07) is 7.49. The second kappa shape index (κ2) is 9.07. The van der Waals surface area contributed by atoms with Crippen molar-refractivity contribution in [3.05, 3.63) is 35.4 Å². The van der Waals surface area contributed by atoms with Crippen molar-refractivity contribution in [2.75, 3.05) is 25.1 Å². The molecule has 160 valence electrons. The number of esters is 1. The molecule has 1 N–H and O–H groups in total. The molecule has 2 aliphatic rings. The minimum atomic E-state index is -0.372. The number of hydrogen-bond acceptors (Lipinski definition) is 7. The number of carbonyl (C=O) groups excluding carboxylic acids is 2. The van der Waals surface area contributed by atoms with Gasteiger partial charge in [0.05, 0.1) is 17.9 Å². The highest BCUT2D eigenvalue weighted by Gasteiger charge is 2.33. The highest BCUT2D eigenvalue weighted by atomic mass is 32.2. The van der Waals surface area contributed by atoms with Crippen LogP contribution in [-0.4, -0.2) is 52.1 Å². The zero-order valence-corrected chi connectivity index (χ0v) is 18.2. The summed E-state index contributed by atoms with van der Waals surface area (Å²) in [6.07, 6.45) is 4.68. The fourth-order valence-corrected chi connectivity index (χ4v) is 4.49. The zero-order chi connectivity index (χ0) is 21.1. The van der Waals surface area contributed by atoms with E-state index in [9.17, 15) is 9.59 Å². The normalized spacial score (nSPS) is 17.1. The largest absolute Gasteiger partial charge is 0.465 e. The molecule has 1 saturated heterocycles. The summed E-state index contributed by atoms with van der Waals surface area (Å²) in [7, 11) is 1.35. The Morgan fingerprint density at radius 3 is 2.53 bits per heavy atom. The third-order valence-corrected chi connectivity index (χ3v) is 6.50. The van der Waals surface area contributed by atoms with Crippen molar-refractivity contribution in [2.45, 2.75) is 55.6 Å². The summed E-state index contributed by atoms with van der Waals surface area (Å²) in [5, 5.41) is 12.4. The first kappa shape index (κ1) is 20.7. The number of nitrogens with one attached hydrogen (secondary N) is 1. The van der Waals surface area contributed by atoms with Gasteiger partial charge in [-0.1, -0.05) is 23.9 Å². The zero-order valence-electron chi connectivity index (χ0n) is 17.3. The molecular weight excluding hydrogens is 402 g/mol. The number of amides is 1. The maximum Gasteiger partial charge on any atom is 0.337 e. The number of rotatable bonds is 8. The highest BCUT2D eigenvalue weighted by Crippen LogP contribution is 2.42. The van der Waals surface area contributed by atoms with Gasteiger partial charge in [-0.05, 0) is 50.3 Å². The van der Waals surface area contributed by atoms with Gasteiger partial charge in [0.1, 0.15) is 0 Å². The molecule has 1 aliphatic heterocycles. The molecular formula is C21H27N5O3S. The van der Waals surface area contributed by atoms with Crippen LogP contribution in [-0.2, 0) is 16.1 Å². The molecule has 8 nitrogen and oxygen atoms in total. The summed E-state index contributed by atoms with van der Waals surface area (Å²) >= 11 is 1.46. The van der Waals surface area contributed by atoms with E-state index in [-0.39, 0.29) is 17.1 Å². The van der Waals surface area contributed by atoms with Gasteiger partial charge in [-0.2, -0.15) is 0 Å². The molecule has 9 heteroatoms. The smallest absolute Gasteiger partial charge is 0.337 e. The maximum absolute atomic E-state index is 12.6. The predicted octanol–water partition coefficient (Wildman–Crippen LogP) is 2.80. The van der Waals surface area contributed by atoms with E-state index in [1.165, 1.54) is 31.7 Å². The van der Waals surface area contributed by atoms with Crippen LogP contribution in [0, 0.1) is 0 Å². The molecule has 1 unspecified atom stereocenters. The fourth-order valence-electron chi connectivity index (χ4n) is 3.56. The maximum atomic E-state index is 12.6.